The fourth-order valence-electron chi connectivity index (χ4n) is 3.33. The van der Waals surface area contributed by atoms with E-state index in [9.17, 15) is 14.4 Å². The number of esters is 1. The van der Waals surface area contributed by atoms with E-state index < -0.39 is 5.97 Å². The van der Waals surface area contributed by atoms with Crippen molar-refractivity contribution in [1.29, 1.82) is 0 Å². The second-order valence-corrected chi connectivity index (χ2v) is 6.84. The Morgan fingerprint density at radius 1 is 1.11 bits per heavy atom. The Kier molecular flexibility index (Phi) is 6.06. The van der Waals surface area contributed by atoms with E-state index in [2.05, 4.69) is 5.32 Å². The molecule has 6 nitrogen and oxygen atoms in total. The van der Waals surface area contributed by atoms with E-state index in [1.807, 2.05) is 37.3 Å². The van der Waals surface area contributed by atoms with Crippen molar-refractivity contribution >= 4 is 28.6 Å². The molecule has 2 aromatic carbocycles. The number of benzene rings is 2. The first-order valence-corrected chi connectivity index (χ1v) is 9.26. The number of amides is 2. The zero-order valence-corrected chi connectivity index (χ0v) is 15.4. The lowest BCUT2D eigenvalue weighted by molar-refractivity contribution is -0.152. The number of carbonyl (C=O) groups excluding carboxylic acids is 3. The molecule has 2 aromatic rings. The minimum absolute atomic E-state index is 0.178. The quantitative estimate of drug-likeness (QED) is 0.823. The maximum Gasteiger partial charge on any atom is 0.325 e. The zero-order chi connectivity index (χ0) is 19.2. The first-order valence-electron chi connectivity index (χ1n) is 9.26. The lowest BCUT2D eigenvalue weighted by Crippen LogP contribution is -2.44. The van der Waals surface area contributed by atoms with Crippen molar-refractivity contribution in [3.05, 3.63) is 48.0 Å². The number of fused-ring (bicyclic) bond motifs is 1. The monoisotopic (exact) mass is 368 g/mol. The van der Waals surface area contributed by atoms with Gasteiger partial charge < -0.3 is 15.0 Å². The van der Waals surface area contributed by atoms with Gasteiger partial charge in [0, 0.05) is 18.2 Å². The SMILES string of the molecule is C[C@@H]1CCCCN1C(=O)COC(=O)CNC(=O)c1ccc2ccccc2c1. The van der Waals surface area contributed by atoms with Crippen LogP contribution in [0.1, 0.15) is 36.5 Å². The Morgan fingerprint density at radius 2 is 1.89 bits per heavy atom. The maximum atomic E-state index is 12.2. The Bertz CT molecular complexity index is 849. The number of ether oxygens (including phenoxy) is 1. The molecule has 1 atom stereocenters. The lowest BCUT2D eigenvalue weighted by Gasteiger charge is -2.33. The number of nitrogens with zero attached hydrogens (tertiary/aromatic N) is 1. The highest BCUT2D eigenvalue weighted by Crippen LogP contribution is 2.17. The topological polar surface area (TPSA) is 75.7 Å². The summed E-state index contributed by atoms with van der Waals surface area (Å²) in [6, 6.07) is 13.3. The molecule has 1 aliphatic heterocycles. The number of carbonyl (C=O) groups is 3. The van der Waals surface area contributed by atoms with Gasteiger partial charge in [0.15, 0.2) is 6.61 Å². The van der Waals surface area contributed by atoms with Crippen LogP contribution in [0.4, 0.5) is 0 Å². The summed E-state index contributed by atoms with van der Waals surface area (Å²) in [5.74, 6) is -1.16. The summed E-state index contributed by atoms with van der Waals surface area (Å²) < 4.78 is 5.02. The first kappa shape index (κ1) is 18.9. The average molecular weight is 368 g/mol. The lowest BCUT2D eigenvalue weighted by atomic mass is 10.0. The van der Waals surface area contributed by atoms with Crippen molar-refractivity contribution in [3.8, 4) is 0 Å². The number of hydrogen-bond acceptors (Lipinski definition) is 4. The molecular formula is C21H24N2O4. The van der Waals surface area contributed by atoms with E-state index >= 15 is 0 Å². The molecule has 1 saturated heterocycles. The van der Waals surface area contributed by atoms with Gasteiger partial charge in [-0.3, -0.25) is 14.4 Å². The largest absolute Gasteiger partial charge is 0.454 e. The summed E-state index contributed by atoms with van der Waals surface area (Å²) in [6.07, 6.45) is 3.07. The van der Waals surface area contributed by atoms with Gasteiger partial charge in [-0.15, -0.1) is 0 Å². The maximum absolute atomic E-state index is 12.2. The summed E-state index contributed by atoms with van der Waals surface area (Å²) in [7, 11) is 0. The molecule has 0 saturated carbocycles. The van der Waals surface area contributed by atoms with Crippen LogP contribution in [0.5, 0.6) is 0 Å². The molecule has 0 aromatic heterocycles. The molecule has 0 radical (unpaired) electrons. The fraction of sp³-hybridized carbons (Fsp3) is 0.381. The molecule has 6 heteroatoms. The summed E-state index contributed by atoms with van der Waals surface area (Å²) >= 11 is 0. The van der Waals surface area contributed by atoms with Crippen LogP contribution >= 0.6 is 0 Å². The second kappa shape index (κ2) is 8.66. The van der Waals surface area contributed by atoms with Crippen LogP contribution in [0, 0.1) is 0 Å². The number of nitrogens with one attached hydrogen (secondary N) is 1. The molecule has 0 bridgehead atoms. The van der Waals surface area contributed by atoms with Crippen LogP contribution in [-0.4, -0.2) is 48.4 Å². The van der Waals surface area contributed by atoms with Crippen LogP contribution in [0.25, 0.3) is 10.8 Å². The second-order valence-electron chi connectivity index (χ2n) is 6.84. The summed E-state index contributed by atoms with van der Waals surface area (Å²) in [5, 5.41) is 4.53. The van der Waals surface area contributed by atoms with E-state index in [0.29, 0.717) is 12.1 Å². The van der Waals surface area contributed by atoms with Crippen molar-refractivity contribution < 1.29 is 19.1 Å². The third-order valence-corrected chi connectivity index (χ3v) is 4.88. The Hall–Kier alpha value is -2.89. The Labute approximate surface area is 158 Å². The number of hydrogen-bond donors (Lipinski definition) is 1. The van der Waals surface area contributed by atoms with Gasteiger partial charge in [0.05, 0.1) is 0 Å². The molecule has 0 aliphatic carbocycles. The van der Waals surface area contributed by atoms with Crippen LogP contribution in [0.15, 0.2) is 42.5 Å². The Balaban J connectivity index is 1.46. The van der Waals surface area contributed by atoms with Crippen LogP contribution in [-0.2, 0) is 14.3 Å². The molecule has 3 rings (SSSR count). The predicted molar refractivity (Wildman–Crippen MR) is 102 cm³/mol. The van der Waals surface area contributed by atoms with Gasteiger partial charge in [0.25, 0.3) is 11.8 Å². The van der Waals surface area contributed by atoms with Crippen molar-refractivity contribution in [2.24, 2.45) is 0 Å². The van der Waals surface area contributed by atoms with Gasteiger partial charge in [-0.1, -0.05) is 30.3 Å². The third-order valence-electron chi connectivity index (χ3n) is 4.88. The zero-order valence-electron chi connectivity index (χ0n) is 15.4. The van der Waals surface area contributed by atoms with Crippen molar-refractivity contribution in [1.82, 2.24) is 10.2 Å². The van der Waals surface area contributed by atoms with Gasteiger partial charge in [-0.25, -0.2) is 0 Å². The standard InChI is InChI=1S/C21H24N2O4/c1-15-6-4-5-11-23(15)19(24)14-27-20(25)13-22-21(26)18-10-9-16-7-2-3-8-17(16)12-18/h2-3,7-10,12,15H,4-6,11,13-14H2,1H3,(H,22,26)/t15-/m1/s1. The first-order chi connectivity index (χ1) is 13.0. The van der Waals surface area contributed by atoms with Gasteiger partial charge in [-0.2, -0.15) is 0 Å². The highest BCUT2D eigenvalue weighted by molar-refractivity contribution is 5.99. The number of likely N-dealkylation sites (tertiary alicyclic amines) is 1. The minimum atomic E-state index is -0.623. The summed E-state index contributed by atoms with van der Waals surface area (Å²) in [5.41, 5.74) is 0.472. The third kappa shape index (κ3) is 4.84. The van der Waals surface area contributed by atoms with Crippen molar-refractivity contribution in [2.45, 2.75) is 32.2 Å². The van der Waals surface area contributed by atoms with E-state index in [1.165, 1.54) is 0 Å². The molecule has 1 N–H and O–H groups in total. The summed E-state index contributed by atoms with van der Waals surface area (Å²) in [6.45, 7) is 2.16. The normalized spacial score (nSPS) is 16.8. The van der Waals surface area contributed by atoms with E-state index in [0.717, 1.165) is 30.0 Å². The summed E-state index contributed by atoms with van der Waals surface area (Å²) in [4.78, 5) is 38.0. The van der Waals surface area contributed by atoms with Crippen molar-refractivity contribution in [2.75, 3.05) is 19.7 Å². The molecular weight excluding hydrogens is 344 g/mol. The molecule has 27 heavy (non-hydrogen) atoms. The molecule has 1 heterocycles. The van der Waals surface area contributed by atoms with E-state index in [1.54, 1.807) is 17.0 Å². The minimum Gasteiger partial charge on any atom is -0.454 e. The molecule has 1 aliphatic rings. The average Bonchev–Trinajstić information content (AvgIpc) is 2.70. The molecule has 2 amide bonds. The smallest absolute Gasteiger partial charge is 0.325 e. The van der Waals surface area contributed by atoms with Crippen molar-refractivity contribution in [3.63, 3.8) is 0 Å². The molecule has 1 fully saturated rings. The van der Waals surface area contributed by atoms with E-state index in [-0.39, 0.29) is 31.0 Å². The van der Waals surface area contributed by atoms with Gasteiger partial charge in [0.2, 0.25) is 0 Å². The molecule has 0 spiro atoms. The van der Waals surface area contributed by atoms with Gasteiger partial charge >= 0.3 is 5.97 Å². The highest BCUT2D eigenvalue weighted by Gasteiger charge is 2.23. The van der Waals surface area contributed by atoms with E-state index in [4.69, 9.17) is 4.74 Å². The van der Waals surface area contributed by atoms with Crippen LogP contribution in [0.3, 0.4) is 0 Å². The highest BCUT2D eigenvalue weighted by atomic mass is 16.5. The molecule has 142 valence electrons. The fourth-order valence-corrected chi connectivity index (χ4v) is 3.33. The number of rotatable bonds is 5. The van der Waals surface area contributed by atoms with Gasteiger partial charge in [0.1, 0.15) is 6.54 Å². The van der Waals surface area contributed by atoms with Crippen LogP contribution < -0.4 is 5.32 Å². The molecule has 0 unspecified atom stereocenters. The van der Waals surface area contributed by atoms with Gasteiger partial charge in [-0.05, 0) is 49.1 Å². The van der Waals surface area contributed by atoms with Crippen LogP contribution in [0.2, 0.25) is 0 Å². The number of piperidine rings is 1. The predicted octanol–water partition coefficient (Wildman–Crippen LogP) is 2.51. The Morgan fingerprint density at radius 3 is 2.67 bits per heavy atom.